The van der Waals surface area contributed by atoms with E-state index in [1.165, 1.54) is 6.20 Å². The third-order valence-electron chi connectivity index (χ3n) is 4.84. The zero-order chi connectivity index (χ0) is 19.1. The molecule has 0 amide bonds. The molecule has 0 radical (unpaired) electrons. The van der Waals surface area contributed by atoms with Crippen LogP contribution in [0, 0.1) is 12.9 Å². The van der Waals surface area contributed by atoms with Gasteiger partial charge in [0, 0.05) is 23.2 Å². The normalized spacial score (nSPS) is 16.3. The van der Waals surface area contributed by atoms with Crippen LogP contribution >= 0.6 is 11.6 Å². The van der Waals surface area contributed by atoms with Gasteiger partial charge < -0.3 is 5.73 Å². The Labute approximate surface area is 160 Å². The maximum atomic E-state index is 14.3. The standard InChI is InChI=1S/C20H16ClFN4O/c1-10-18-16(26-20(23)25-10)7-11(8-17(18)27)13-5-4-12(21)9-15(13)14-3-2-6-24-19(14)22/h2-6,9,11H,7-8H2,1H3,(H2,23,25,26). The van der Waals surface area contributed by atoms with E-state index in [4.69, 9.17) is 17.3 Å². The average Bonchev–Trinajstić information content (AvgIpc) is 2.61. The summed E-state index contributed by atoms with van der Waals surface area (Å²) in [6.07, 6.45) is 2.20. The van der Waals surface area contributed by atoms with Gasteiger partial charge in [-0.15, -0.1) is 0 Å². The Bertz CT molecular complexity index is 1070. The summed E-state index contributed by atoms with van der Waals surface area (Å²) in [5, 5.41) is 0.488. The van der Waals surface area contributed by atoms with Crippen molar-refractivity contribution in [1.29, 1.82) is 0 Å². The van der Waals surface area contributed by atoms with Crippen LogP contribution in [0.4, 0.5) is 10.3 Å². The van der Waals surface area contributed by atoms with E-state index < -0.39 is 5.95 Å². The maximum Gasteiger partial charge on any atom is 0.220 e. The molecule has 5 nitrogen and oxygen atoms in total. The van der Waals surface area contributed by atoms with Crippen molar-refractivity contribution in [3.8, 4) is 11.1 Å². The number of carbonyl (C=O) groups excluding carboxylic acids is 1. The van der Waals surface area contributed by atoms with Crippen LogP contribution in [0.25, 0.3) is 11.1 Å². The van der Waals surface area contributed by atoms with Gasteiger partial charge in [0.25, 0.3) is 0 Å². The molecule has 1 atom stereocenters. The molecule has 2 aromatic heterocycles. The van der Waals surface area contributed by atoms with Crippen molar-refractivity contribution in [3.05, 3.63) is 70.0 Å². The number of hydrogen-bond donors (Lipinski definition) is 1. The van der Waals surface area contributed by atoms with Crippen LogP contribution in [0.5, 0.6) is 0 Å². The fourth-order valence-corrected chi connectivity index (χ4v) is 3.89. The van der Waals surface area contributed by atoms with Crippen molar-refractivity contribution in [2.24, 2.45) is 0 Å². The van der Waals surface area contributed by atoms with Gasteiger partial charge in [0.15, 0.2) is 5.78 Å². The largest absolute Gasteiger partial charge is 0.368 e. The van der Waals surface area contributed by atoms with Gasteiger partial charge in [-0.05, 0) is 54.7 Å². The van der Waals surface area contributed by atoms with Gasteiger partial charge in [0.05, 0.1) is 17.0 Å². The molecule has 0 saturated carbocycles. The van der Waals surface area contributed by atoms with Gasteiger partial charge in [-0.1, -0.05) is 17.7 Å². The summed E-state index contributed by atoms with van der Waals surface area (Å²) in [7, 11) is 0. The molecule has 1 aliphatic carbocycles. The summed E-state index contributed by atoms with van der Waals surface area (Å²) in [6.45, 7) is 1.76. The minimum absolute atomic E-state index is 0.0358. The first-order chi connectivity index (χ1) is 12.9. The number of anilines is 1. The molecule has 7 heteroatoms. The molecular formula is C20H16ClFN4O. The Morgan fingerprint density at radius 3 is 2.78 bits per heavy atom. The molecule has 2 heterocycles. The lowest BCUT2D eigenvalue weighted by Crippen LogP contribution is -2.23. The minimum atomic E-state index is -0.578. The molecule has 2 N–H and O–H groups in total. The SMILES string of the molecule is Cc1nc(N)nc2c1C(=O)CC(c1ccc(Cl)cc1-c1cccnc1F)C2. The Kier molecular flexibility index (Phi) is 4.36. The Hall–Kier alpha value is -2.86. The number of benzene rings is 1. The molecule has 1 unspecified atom stereocenters. The number of carbonyl (C=O) groups is 1. The molecule has 0 bridgehead atoms. The second kappa shape index (κ2) is 6.70. The lowest BCUT2D eigenvalue weighted by molar-refractivity contribution is 0.0962. The number of nitrogens with two attached hydrogens (primary N) is 1. The molecule has 0 spiro atoms. The zero-order valence-electron chi connectivity index (χ0n) is 14.5. The molecule has 0 fully saturated rings. The molecule has 136 valence electrons. The Morgan fingerprint density at radius 1 is 1.19 bits per heavy atom. The minimum Gasteiger partial charge on any atom is -0.368 e. The summed E-state index contributed by atoms with van der Waals surface area (Å²) in [5.74, 6) is -0.628. The van der Waals surface area contributed by atoms with Crippen molar-refractivity contribution in [3.63, 3.8) is 0 Å². The van der Waals surface area contributed by atoms with Crippen LogP contribution in [-0.4, -0.2) is 20.7 Å². The third-order valence-corrected chi connectivity index (χ3v) is 5.07. The topological polar surface area (TPSA) is 81.8 Å². The van der Waals surface area contributed by atoms with E-state index in [1.54, 1.807) is 31.2 Å². The number of halogens is 2. The fourth-order valence-electron chi connectivity index (χ4n) is 3.72. The van der Waals surface area contributed by atoms with Crippen molar-refractivity contribution in [2.75, 3.05) is 5.73 Å². The van der Waals surface area contributed by atoms with Gasteiger partial charge in [-0.3, -0.25) is 4.79 Å². The monoisotopic (exact) mass is 382 g/mol. The number of nitrogens with zero attached hydrogens (tertiary/aromatic N) is 3. The van der Waals surface area contributed by atoms with Crippen LogP contribution in [0.2, 0.25) is 5.02 Å². The first kappa shape index (κ1) is 17.5. The van der Waals surface area contributed by atoms with E-state index >= 15 is 0 Å². The number of fused-ring (bicyclic) bond motifs is 1. The highest BCUT2D eigenvalue weighted by atomic mass is 35.5. The lowest BCUT2D eigenvalue weighted by Gasteiger charge is -2.26. The number of aromatic nitrogens is 3. The highest BCUT2D eigenvalue weighted by Gasteiger charge is 2.31. The highest BCUT2D eigenvalue weighted by Crippen LogP contribution is 2.39. The Balaban J connectivity index is 1.83. The van der Waals surface area contributed by atoms with E-state index in [0.29, 0.717) is 39.5 Å². The molecule has 1 aromatic carbocycles. The second-order valence-corrected chi connectivity index (χ2v) is 7.03. The van der Waals surface area contributed by atoms with Crippen molar-refractivity contribution >= 4 is 23.3 Å². The zero-order valence-corrected chi connectivity index (χ0v) is 15.3. The van der Waals surface area contributed by atoms with Crippen LogP contribution < -0.4 is 5.73 Å². The van der Waals surface area contributed by atoms with Crippen LogP contribution in [0.1, 0.15) is 39.6 Å². The van der Waals surface area contributed by atoms with E-state index in [1.807, 2.05) is 6.07 Å². The fraction of sp³-hybridized carbons (Fsp3) is 0.200. The van der Waals surface area contributed by atoms with E-state index in [9.17, 15) is 9.18 Å². The predicted molar refractivity (Wildman–Crippen MR) is 101 cm³/mol. The average molecular weight is 383 g/mol. The second-order valence-electron chi connectivity index (χ2n) is 6.59. The Morgan fingerprint density at radius 2 is 2.00 bits per heavy atom. The molecule has 3 aromatic rings. The molecule has 27 heavy (non-hydrogen) atoms. The lowest BCUT2D eigenvalue weighted by atomic mass is 9.79. The van der Waals surface area contributed by atoms with Gasteiger partial charge in [-0.2, -0.15) is 4.39 Å². The number of aryl methyl sites for hydroxylation is 1. The summed E-state index contributed by atoms with van der Waals surface area (Å²) in [4.78, 5) is 24.8. The molecule has 4 rings (SSSR count). The first-order valence-electron chi connectivity index (χ1n) is 8.50. The highest BCUT2D eigenvalue weighted by molar-refractivity contribution is 6.30. The smallest absolute Gasteiger partial charge is 0.220 e. The summed E-state index contributed by atoms with van der Waals surface area (Å²) < 4.78 is 14.3. The molecular weight excluding hydrogens is 367 g/mol. The number of ketones is 1. The number of Topliss-reactive ketones (excluding diaryl/α,β-unsaturated/α-hetero) is 1. The van der Waals surface area contributed by atoms with Crippen molar-refractivity contribution in [1.82, 2.24) is 15.0 Å². The van der Waals surface area contributed by atoms with Gasteiger partial charge in [-0.25, -0.2) is 15.0 Å². The number of pyridine rings is 1. The summed E-state index contributed by atoms with van der Waals surface area (Å²) >= 11 is 6.16. The van der Waals surface area contributed by atoms with E-state index in [0.717, 1.165) is 5.56 Å². The number of nitrogen functional groups attached to an aromatic ring is 1. The van der Waals surface area contributed by atoms with Crippen molar-refractivity contribution in [2.45, 2.75) is 25.7 Å². The van der Waals surface area contributed by atoms with Crippen molar-refractivity contribution < 1.29 is 9.18 Å². The number of rotatable bonds is 2. The van der Waals surface area contributed by atoms with Crippen LogP contribution in [-0.2, 0) is 6.42 Å². The molecule has 0 aliphatic heterocycles. The summed E-state index contributed by atoms with van der Waals surface area (Å²) in [5.41, 5.74) is 9.35. The van der Waals surface area contributed by atoms with Gasteiger partial charge >= 0.3 is 0 Å². The summed E-state index contributed by atoms with van der Waals surface area (Å²) in [6, 6.07) is 8.61. The van der Waals surface area contributed by atoms with E-state index in [2.05, 4.69) is 15.0 Å². The van der Waals surface area contributed by atoms with Crippen LogP contribution in [0.15, 0.2) is 36.5 Å². The molecule has 1 aliphatic rings. The predicted octanol–water partition coefficient (Wildman–Crippen LogP) is 4.13. The van der Waals surface area contributed by atoms with Crippen LogP contribution in [0.3, 0.4) is 0 Å². The maximum absolute atomic E-state index is 14.3. The first-order valence-corrected chi connectivity index (χ1v) is 8.88. The molecule has 0 saturated heterocycles. The van der Waals surface area contributed by atoms with Gasteiger partial charge in [0.1, 0.15) is 0 Å². The number of hydrogen-bond acceptors (Lipinski definition) is 5. The van der Waals surface area contributed by atoms with E-state index in [-0.39, 0.29) is 24.1 Å². The van der Waals surface area contributed by atoms with Gasteiger partial charge in [0.2, 0.25) is 11.9 Å². The quantitative estimate of drug-likeness (QED) is 0.674. The third kappa shape index (κ3) is 3.17.